The normalized spacial score (nSPS) is 12.4. The van der Waals surface area contributed by atoms with Gasteiger partial charge in [0.2, 0.25) is 0 Å². The minimum Gasteiger partial charge on any atom is -0.495 e. The lowest BCUT2D eigenvalue weighted by Crippen LogP contribution is -2.43. The first-order valence-corrected chi connectivity index (χ1v) is 8.47. The second kappa shape index (κ2) is 7.43. The average molecular weight is 403 g/mol. The van der Waals surface area contributed by atoms with E-state index in [-0.39, 0.29) is 11.3 Å². The van der Waals surface area contributed by atoms with Crippen LogP contribution in [0.4, 0.5) is 13.2 Å². The van der Waals surface area contributed by atoms with E-state index in [0.29, 0.717) is 28.3 Å². The van der Waals surface area contributed by atoms with Gasteiger partial charge in [0.15, 0.2) is 11.3 Å². The summed E-state index contributed by atoms with van der Waals surface area (Å²) < 4.78 is 45.2. The Balaban J connectivity index is 2.12. The number of ether oxygens (including phenoxy) is 1. The molecule has 0 bridgehead atoms. The Morgan fingerprint density at radius 1 is 1.38 bits per heavy atom. The largest absolute Gasteiger partial charge is 0.495 e. The van der Waals surface area contributed by atoms with E-state index in [0.717, 1.165) is 6.92 Å². The summed E-state index contributed by atoms with van der Waals surface area (Å²) in [5.41, 5.74) is 1.70. The summed E-state index contributed by atoms with van der Waals surface area (Å²) in [6.07, 6.45) is -3.26. The van der Waals surface area contributed by atoms with Gasteiger partial charge in [-0.3, -0.25) is 9.20 Å². The maximum Gasteiger partial charge on any atom is 0.408 e. The molecule has 1 N–H and O–H groups in total. The Morgan fingerprint density at radius 3 is 2.72 bits per heavy atom. The third-order valence-corrected chi connectivity index (χ3v) is 4.36. The number of fused-ring (bicyclic) bond motifs is 1. The van der Waals surface area contributed by atoms with Gasteiger partial charge in [0, 0.05) is 11.3 Å². The molecule has 2 heterocycles. The van der Waals surface area contributed by atoms with Gasteiger partial charge in [-0.2, -0.15) is 18.4 Å². The van der Waals surface area contributed by atoms with E-state index in [9.17, 15) is 23.2 Å². The minimum atomic E-state index is -4.58. The van der Waals surface area contributed by atoms with Gasteiger partial charge in [-0.1, -0.05) is 6.07 Å². The molecular formula is C19H16F3N5O2. The number of imidazole rings is 1. The molecule has 1 unspecified atom stereocenters. The Hall–Kier alpha value is -3.61. The molecule has 7 nitrogen and oxygen atoms in total. The predicted molar refractivity (Wildman–Crippen MR) is 97.4 cm³/mol. The highest BCUT2D eigenvalue weighted by Crippen LogP contribution is 2.32. The zero-order chi connectivity index (χ0) is 21.3. The highest BCUT2D eigenvalue weighted by atomic mass is 19.4. The Bertz CT molecular complexity index is 1130. The van der Waals surface area contributed by atoms with Gasteiger partial charge in [0.05, 0.1) is 18.4 Å². The molecule has 1 aromatic carbocycles. The molecule has 0 aliphatic heterocycles. The van der Waals surface area contributed by atoms with Crippen LogP contribution in [0.15, 0.2) is 30.6 Å². The van der Waals surface area contributed by atoms with Crippen LogP contribution in [0, 0.1) is 18.3 Å². The summed E-state index contributed by atoms with van der Waals surface area (Å²) >= 11 is 0. The van der Waals surface area contributed by atoms with Gasteiger partial charge in [-0.15, -0.1) is 0 Å². The van der Waals surface area contributed by atoms with Crippen molar-refractivity contribution in [1.29, 1.82) is 5.26 Å². The molecule has 0 spiro atoms. The average Bonchev–Trinajstić information content (AvgIpc) is 3.11. The second-order valence-electron chi connectivity index (χ2n) is 6.30. The van der Waals surface area contributed by atoms with Crippen molar-refractivity contribution in [3.05, 3.63) is 47.5 Å². The van der Waals surface area contributed by atoms with Crippen molar-refractivity contribution >= 4 is 11.6 Å². The molecule has 3 aromatic rings. The number of amides is 1. The molecule has 29 heavy (non-hydrogen) atoms. The lowest BCUT2D eigenvalue weighted by atomic mass is 10.1. The molecule has 0 aliphatic carbocycles. The zero-order valence-corrected chi connectivity index (χ0v) is 15.7. The Labute approximate surface area is 163 Å². The van der Waals surface area contributed by atoms with E-state index in [1.807, 2.05) is 11.4 Å². The van der Waals surface area contributed by atoms with E-state index in [1.54, 1.807) is 31.2 Å². The van der Waals surface area contributed by atoms with Gasteiger partial charge in [0.1, 0.15) is 24.2 Å². The summed E-state index contributed by atoms with van der Waals surface area (Å²) in [5.74, 6) is -0.679. The number of carbonyl (C=O) groups is 1. The van der Waals surface area contributed by atoms with E-state index >= 15 is 0 Å². The smallest absolute Gasteiger partial charge is 0.408 e. The Kier molecular flexibility index (Phi) is 5.16. The topological polar surface area (TPSA) is 92.3 Å². The van der Waals surface area contributed by atoms with Crippen LogP contribution in [0.25, 0.3) is 16.9 Å². The summed E-state index contributed by atoms with van der Waals surface area (Å²) in [7, 11) is 1.42. The number of nitrogens with one attached hydrogen (secondary N) is 1. The van der Waals surface area contributed by atoms with Gasteiger partial charge < -0.3 is 10.1 Å². The standard InChI is InChI=1S/C19H16F3N5O2/c1-10-7-14(13-6-4-5-12(8-23)16(13)29-3)26-17-15(24-9-27(10)17)18(28)25-11(2)19(20,21)22/h4-7,9,11H,1-3H3,(H,25,28). The van der Waals surface area contributed by atoms with Crippen LogP contribution < -0.4 is 10.1 Å². The maximum atomic E-state index is 12.8. The van der Waals surface area contributed by atoms with Crippen molar-refractivity contribution in [1.82, 2.24) is 19.7 Å². The number of aryl methyl sites for hydroxylation is 1. The molecular weight excluding hydrogens is 387 g/mol. The van der Waals surface area contributed by atoms with Crippen LogP contribution in [0.5, 0.6) is 5.75 Å². The van der Waals surface area contributed by atoms with E-state index < -0.39 is 18.1 Å². The first-order chi connectivity index (χ1) is 13.7. The summed E-state index contributed by atoms with van der Waals surface area (Å²) in [6.45, 7) is 2.58. The number of hydrogen-bond donors (Lipinski definition) is 1. The van der Waals surface area contributed by atoms with Crippen molar-refractivity contribution in [2.24, 2.45) is 0 Å². The van der Waals surface area contributed by atoms with Crippen molar-refractivity contribution in [3.8, 4) is 23.1 Å². The molecule has 0 radical (unpaired) electrons. The summed E-state index contributed by atoms with van der Waals surface area (Å²) in [4.78, 5) is 20.7. The van der Waals surface area contributed by atoms with Crippen molar-refractivity contribution in [2.45, 2.75) is 26.1 Å². The van der Waals surface area contributed by atoms with Gasteiger partial charge in [0.25, 0.3) is 5.91 Å². The Morgan fingerprint density at radius 2 is 2.10 bits per heavy atom. The van der Waals surface area contributed by atoms with Crippen molar-refractivity contribution < 1.29 is 22.7 Å². The number of hydrogen-bond acceptors (Lipinski definition) is 5. The number of alkyl halides is 3. The molecule has 1 amide bonds. The fourth-order valence-electron chi connectivity index (χ4n) is 2.81. The molecule has 0 saturated heterocycles. The number of nitrogens with zero attached hydrogens (tertiary/aromatic N) is 4. The van der Waals surface area contributed by atoms with E-state index in [2.05, 4.69) is 9.97 Å². The van der Waals surface area contributed by atoms with Crippen LogP contribution >= 0.6 is 0 Å². The quantitative estimate of drug-likeness (QED) is 0.722. The third kappa shape index (κ3) is 3.71. The third-order valence-electron chi connectivity index (χ3n) is 4.36. The zero-order valence-electron chi connectivity index (χ0n) is 15.7. The van der Waals surface area contributed by atoms with Crippen LogP contribution in [0.2, 0.25) is 0 Å². The lowest BCUT2D eigenvalue weighted by molar-refractivity contribution is -0.149. The van der Waals surface area contributed by atoms with Crippen molar-refractivity contribution in [3.63, 3.8) is 0 Å². The molecule has 150 valence electrons. The first-order valence-electron chi connectivity index (χ1n) is 8.47. The number of carbonyl (C=O) groups excluding carboxylic acids is 1. The maximum absolute atomic E-state index is 12.8. The van der Waals surface area contributed by atoms with Gasteiger partial charge in [-0.05, 0) is 32.0 Å². The molecule has 0 aliphatic rings. The highest BCUT2D eigenvalue weighted by Gasteiger charge is 2.37. The molecule has 3 rings (SSSR count). The first kappa shape index (κ1) is 20.1. The van der Waals surface area contributed by atoms with Crippen LogP contribution in [0.3, 0.4) is 0 Å². The fourth-order valence-corrected chi connectivity index (χ4v) is 2.81. The van der Waals surface area contributed by atoms with Crippen LogP contribution in [-0.4, -0.2) is 39.6 Å². The number of nitriles is 1. The fraction of sp³-hybridized carbons (Fsp3) is 0.263. The number of benzene rings is 1. The predicted octanol–water partition coefficient (Wildman–Crippen LogP) is 3.27. The molecule has 0 fully saturated rings. The monoisotopic (exact) mass is 403 g/mol. The number of methoxy groups -OCH3 is 1. The second-order valence-corrected chi connectivity index (χ2v) is 6.30. The summed E-state index contributed by atoms with van der Waals surface area (Å²) in [6, 6.07) is 6.63. The van der Waals surface area contributed by atoms with Gasteiger partial charge in [-0.25, -0.2) is 9.97 Å². The van der Waals surface area contributed by atoms with Crippen LogP contribution in [-0.2, 0) is 0 Å². The molecule has 2 aromatic heterocycles. The lowest BCUT2D eigenvalue weighted by Gasteiger charge is -2.16. The highest BCUT2D eigenvalue weighted by molar-refractivity contribution is 5.98. The van der Waals surface area contributed by atoms with Crippen molar-refractivity contribution in [2.75, 3.05) is 7.11 Å². The molecule has 10 heteroatoms. The number of aromatic nitrogens is 3. The summed E-state index contributed by atoms with van der Waals surface area (Å²) in [5, 5.41) is 11.2. The SMILES string of the molecule is COc1c(C#N)cccc1-c1cc(C)n2cnc(C(=O)NC(C)C(F)(F)F)c2n1. The minimum absolute atomic E-state index is 0.0938. The number of rotatable bonds is 4. The molecule has 1 atom stereocenters. The van der Waals surface area contributed by atoms with Crippen LogP contribution in [0.1, 0.15) is 28.7 Å². The van der Waals surface area contributed by atoms with E-state index in [4.69, 9.17) is 4.74 Å². The number of para-hydroxylation sites is 1. The number of halogens is 3. The molecule has 0 saturated carbocycles. The van der Waals surface area contributed by atoms with Gasteiger partial charge >= 0.3 is 6.18 Å². The van der Waals surface area contributed by atoms with E-state index in [1.165, 1.54) is 17.8 Å².